The molecule has 106 valence electrons. The zero-order valence-electron chi connectivity index (χ0n) is 10.9. The van der Waals surface area contributed by atoms with Crippen molar-refractivity contribution in [2.24, 2.45) is 0 Å². The van der Waals surface area contributed by atoms with Gasteiger partial charge in [0.15, 0.2) is 0 Å². The van der Waals surface area contributed by atoms with E-state index in [0.717, 1.165) is 6.07 Å². The van der Waals surface area contributed by atoms with Gasteiger partial charge in [-0.05, 0) is 31.0 Å². The van der Waals surface area contributed by atoms with Crippen molar-refractivity contribution in [3.05, 3.63) is 29.6 Å². The molecule has 0 aliphatic heterocycles. The Balaban J connectivity index is 2.56. The van der Waals surface area contributed by atoms with E-state index in [9.17, 15) is 17.6 Å². The number of rotatable bonds is 6. The van der Waals surface area contributed by atoms with Crippen molar-refractivity contribution < 1.29 is 17.6 Å². The molecular formula is C12H17FN2O3S. The van der Waals surface area contributed by atoms with Crippen LogP contribution in [0.25, 0.3) is 0 Å². The Morgan fingerprint density at radius 3 is 2.58 bits per heavy atom. The Hall–Kier alpha value is -1.47. The van der Waals surface area contributed by atoms with Crippen LogP contribution in [-0.2, 0) is 14.8 Å². The van der Waals surface area contributed by atoms with E-state index in [1.807, 2.05) is 0 Å². The van der Waals surface area contributed by atoms with Crippen LogP contribution in [0, 0.1) is 12.7 Å². The molecule has 1 rings (SSSR count). The molecule has 0 aromatic heterocycles. The Labute approximate surface area is 112 Å². The molecule has 0 spiro atoms. The third-order valence-electron chi connectivity index (χ3n) is 2.47. The van der Waals surface area contributed by atoms with Gasteiger partial charge >= 0.3 is 0 Å². The highest BCUT2D eigenvalue weighted by Crippen LogP contribution is 2.13. The SMILES string of the molecule is CC(=O)NCCCNS(=O)(=O)c1ccc(C)c(F)c1. The van der Waals surface area contributed by atoms with Crippen molar-refractivity contribution in [1.82, 2.24) is 10.0 Å². The molecule has 1 aromatic rings. The van der Waals surface area contributed by atoms with Gasteiger partial charge in [-0.2, -0.15) is 0 Å². The third-order valence-corrected chi connectivity index (χ3v) is 3.93. The second kappa shape index (κ2) is 6.63. The van der Waals surface area contributed by atoms with Gasteiger partial charge in [-0.25, -0.2) is 17.5 Å². The number of hydrogen-bond acceptors (Lipinski definition) is 3. The Bertz CT molecular complexity index is 558. The van der Waals surface area contributed by atoms with Crippen LogP contribution in [0.15, 0.2) is 23.1 Å². The number of amides is 1. The molecule has 0 radical (unpaired) electrons. The largest absolute Gasteiger partial charge is 0.356 e. The number of sulfonamides is 1. The summed E-state index contributed by atoms with van der Waals surface area (Å²) in [5, 5.41) is 2.55. The first-order valence-corrected chi connectivity index (χ1v) is 7.31. The number of nitrogens with one attached hydrogen (secondary N) is 2. The van der Waals surface area contributed by atoms with Gasteiger partial charge in [0.05, 0.1) is 4.90 Å². The lowest BCUT2D eigenvalue weighted by Gasteiger charge is -2.07. The predicted molar refractivity (Wildman–Crippen MR) is 69.6 cm³/mol. The van der Waals surface area contributed by atoms with E-state index >= 15 is 0 Å². The lowest BCUT2D eigenvalue weighted by molar-refractivity contribution is -0.118. The molecular weight excluding hydrogens is 271 g/mol. The fraction of sp³-hybridized carbons (Fsp3) is 0.417. The number of carbonyl (C=O) groups excluding carboxylic acids is 1. The molecule has 0 unspecified atom stereocenters. The van der Waals surface area contributed by atoms with E-state index < -0.39 is 15.8 Å². The quantitative estimate of drug-likeness (QED) is 0.765. The summed E-state index contributed by atoms with van der Waals surface area (Å²) in [4.78, 5) is 10.5. The number of aryl methyl sites for hydroxylation is 1. The van der Waals surface area contributed by atoms with Crippen LogP contribution < -0.4 is 10.0 Å². The van der Waals surface area contributed by atoms with Crippen LogP contribution in [0.4, 0.5) is 4.39 Å². The monoisotopic (exact) mass is 288 g/mol. The van der Waals surface area contributed by atoms with E-state index in [2.05, 4.69) is 10.0 Å². The van der Waals surface area contributed by atoms with Gasteiger partial charge in [-0.15, -0.1) is 0 Å². The van der Waals surface area contributed by atoms with Gasteiger partial charge in [0, 0.05) is 20.0 Å². The summed E-state index contributed by atoms with van der Waals surface area (Å²) in [6.45, 7) is 3.52. The van der Waals surface area contributed by atoms with E-state index in [1.165, 1.54) is 19.1 Å². The van der Waals surface area contributed by atoms with Gasteiger partial charge in [-0.3, -0.25) is 4.79 Å². The summed E-state index contributed by atoms with van der Waals surface area (Å²) in [5.74, 6) is -0.718. The molecule has 0 saturated heterocycles. The minimum atomic E-state index is -3.70. The Morgan fingerprint density at radius 2 is 2.00 bits per heavy atom. The van der Waals surface area contributed by atoms with Crippen molar-refractivity contribution in [2.45, 2.75) is 25.2 Å². The number of halogens is 1. The highest BCUT2D eigenvalue weighted by atomic mass is 32.2. The molecule has 2 N–H and O–H groups in total. The standard InChI is InChI=1S/C12H17FN2O3S/c1-9-4-5-11(8-12(9)13)19(17,18)15-7-3-6-14-10(2)16/h4-5,8,15H,3,6-7H2,1-2H3,(H,14,16). The first-order chi connectivity index (χ1) is 8.83. The van der Waals surface area contributed by atoms with E-state index in [1.54, 1.807) is 6.92 Å². The fourth-order valence-electron chi connectivity index (χ4n) is 1.38. The number of carbonyl (C=O) groups is 1. The fourth-order valence-corrected chi connectivity index (χ4v) is 2.47. The average Bonchev–Trinajstić information content (AvgIpc) is 2.31. The van der Waals surface area contributed by atoms with Gasteiger partial charge in [-0.1, -0.05) is 6.07 Å². The maximum absolute atomic E-state index is 13.3. The van der Waals surface area contributed by atoms with Crippen molar-refractivity contribution in [1.29, 1.82) is 0 Å². The third kappa shape index (κ3) is 4.96. The van der Waals surface area contributed by atoms with Gasteiger partial charge in [0.25, 0.3) is 0 Å². The van der Waals surface area contributed by atoms with Crippen LogP contribution in [0.1, 0.15) is 18.9 Å². The Kier molecular flexibility index (Phi) is 5.44. The van der Waals surface area contributed by atoms with Crippen molar-refractivity contribution in [2.75, 3.05) is 13.1 Å². The normalized spacial score (nSPS) is 11.3. The number of benzene rings is 1. The molecule has 7 heteroatoms. The second-order valence-corrected chi connectivity index (χ2v) is 5.91. The summed E-state index contributed by atoms with van der Waals surface area (Å²) in [6.07, 6.45) is 0.465. The van der Waals surface area contributed by atoms with Gasteiger partial charge in [0.2, 0.25) is 15.9 Å². The van der Waals surface area contributed by atoms with Crippen LogP contribution in [-0.4, -0.2) is 27.4 Å². The molecule has 0 saturated carbocycles. The minimum Gasteiger partial charge on any atom is -0.356 e. The van der Waals surface area contributed by atoms with Gasteiger partial charge in [0.1, 0.15) is 5.82 Å². The maximum Gasteiger partial charge on any atom is 0.240 e. The lowest BCUT2D eigenvalue weighted by Crippen LogP contribution is -2.29. The zero-order chi connectivity index (χ0) is 14.5. The summed E-state index contributed by atoms with van der Waals surface area (Å²) in [6, 6.07) is 3.77. The molecule has 0 heterocycles. The topological polar surface area (TPSA) is 75.3 Å². The zero-order valence-corrected chi connectivity index (χ0v) is 11.7. The molecule has 0 aliphatic carbocycles. The summed E-state index contributed by atoms with van der Waals surface area (Å²) in [5.41, 5.74) is 0.393. The highest BCUT2D eigenvalue weighted by molar-refractivity contribution is 7.89. The summed E-state index contributed by atoms with van der Waals surface area (Å²) in [7, 11) is -3.70. The van der Waals surface area contributed by atoms with E-state index in [4.69, 9.17) is 0 Å². The van der Waals surface area contributed by atoms with Crippen LogP contribution >= 0.6 is 0 Å². The van der Waals surface area contributed by atoms with Crippen LogP contribution in [0.2, 0.25) is 0 Å². The molecule has 0 bridgehead atoms. The molecule has 0 atom stereocenters. The average molecular weight is 288 g/mol. The molecule has 19 heavy (non-hydrogen) atoms. The molecule has 1 amide bonds. The molecule has 0 aliphatic rings. The smallest absolute Gasteiger partial charge is 0.240 e. The molecule has 1 aromatic carbocycles. The first-order valence-electron chi connectivity index (χ1n) is 5.83. The maximum atomic E-state index is 13.3. The highest BCUT2D eigenvalue weighted by Gasteiger charge is 2.14. The molecule has 5 nitrogen and oxygen atoms in total. The predicted octanol–water partition coefficient (Wildman–Crippen LogP) is 0.939. The van der Waals surface area contributed by atoms with Gasteiger partial charge < -0.3 is 5.32 Å². The van der Waals surface area contributed by atoms with Crippen molar-refractivity contribution in [3.63, 3.8) is 0 Å². The van der Waals surface area contributed by atoms with Crippen molar-refractivity contribution in [3.8, 4) is 0 Å². The minimum absolute atomic E-state index is 0.102. The summed E-state index contributed by atoms with van der Waals surface area (Å²) >= 11 is 0. The second-order valence-electron chi connectivity index (χ2n) is 4.15. The van der Waals surface area contributed by atoms with Crippen LogP contribution in [0.5, 0.6) is 0 Å². The van der Waals surface area contributed by atoms with E-state index in [-0.39, 0.29) is 17.3 Å². The Morgan fingerprint density at radius 1 is 1.32 bits per heavy atom. The number of hydrogen-bond donors (Lipinski definition) is 2. The first kappa shape index (κ1) is 15.6. The lowest BCUT2D eigenvalue weighted by atomic mass is 10.2. The van der Waals surface area contributed by atoms with Crippen LogP contribution in [0.3, 0.4) is 0 Å². The molecule has 0 fully saturated rings. The van der Waals surface area contributed by atoms with Crippen molar-refractivity contribution >= 4 is 15.9 Å². The summed E-state index contributed by atoms with van der Waals surface area (Å²) < 4.78 is 39.3. The van der Waals surface area contributed by atoms with E-state index in [0.29, 0.717) is 18.5 Å².